The Morgan fingerprint density at radius 3 is 2.41 bits per heavy atom. The second-order valence-electron chi connectivity index (χ2n) is 4.30. The first-order valence-corrected chi connectivity index (χ1v) is 6.57. The summed E-state index contributed by atoms with van der Waals surface area (Å²) in [5.74, 6) is 0. The molecule has 4 heteroatoms. The van der Waals surface area contributed by atoms with E-state index in [0.717, 1.165) is 18.4 Å². The molecule has 0 atom stereocenters. The fourth-order valence-electron chi connectivity index (χ4n) is 1.46. The second kappa shape index (κ2) is 6.60. The Hall–Kier alpha value is -0.280. The van der Waals surface area contributed by atoms with Crippen LogP contribution in [0.4, 0.5) is 0 Å². The molecule has 2 nitrogen and oxygen atoms in total. The van der Waals surface area contributed by atoms with Gasteiger partial charge in [-0.15, -0.1) is 0 Å². The molecule has 0 saturated heterocycles. The normalized spacial score (nSPS) is 11.8. The van der Waals surface area contributed by atoms with Gasteiger partial charge in [0.25, 0.3) is 0 Å². The van der Waals surface area contributed by atoms with E-state index in [1.54, 1.807) is 6.07 Å². The summed E-state index contributed by atoms with van der Waals surface area (Å²) in [7, 11) is 0. The van der Waals surface area contributed by atoms with Crippen molar-refractivity contribution in [3.63, 3.8) is 0 Å². The first-order valence-electron chi connectivity index (χ1n) is 5.81. The van der Waals surface area contributed by atoms with Crippen molar-refractivity contribution in [2.75, 3.05) is 6.61 Å². The van der Waals surface area contributed by atoms with E-state index in [-0.39, 0.29) is 5.54 Å². The van der Waals surface area contributed by atoms with Crippen molar-refractivity contribution in [2.24, 2.45) is 5.73 Å². The van der Waals surface area contributed by atoms with Crippen LogP contribution in [0.15, 0.2) is 18.2 Å². The summed E-state index contributed by atoms with van der Waals surface area (Å²) in [6, 6.07) is 5.40. The maximum Gasteiger partial charge on any atom is 0.0732 e. The number of nitrogens with two attached hydrogens (primary N) is 1. The molecule has 0 aliphatic rings. The fourth-order valence-corrected chi connectivity index (χ4v) is 1.92. The summed E-state index contributed by atoms with van der Waals surface area (Å²) in [5.41, 5.74) is 6.84. The molecule has 0 bridgehead atoms. The zero-order valence-electron chi connectivity index (χ0n) is 10.3. The van der Waals surface area contributed by atoms with Gasteiger partial charge in [0.2, 0.25) is 0 Å². The third kappa shape index (κ3) is 4.47. The van der Waals surface area contributed by atoms with Gasteiger partial charge >= 0.3 is 0 Å². The molecular formula is C13H19Cl2NO. The molecule has 0 heterocycles. The van der Waals surface area contributed by atoms with E-state index >= 15 is 0 Å². The summed E-state index contributed by atoms with van der Waals surface area (Å²) >= 11 is 11.9. The van der Waals surface area contributed by atoms with E-state index in [4.69, 9.17) is 33.7 Å². The second-order valence-corrected chi connectivity index (χ2v) is 5.14. The van der Waals surface area contributed by atoms with Crippen molar-refractivity contribution in [1.29, 1.82) is 0 Å². The summed E-state index contributed by atoms with van der Waals surface area (Å²) in [6.07, 6.45) is 1.80. The van der Waals surface area contributed by atoms with Crippen LogP contribution in [0.25, 0.3) is 0 Å². The van der Waals surface area contributed by atoms with Crippen LogP contribution in [0.2, 0.25) is 10.0 Å². The molecule has 0 aliphatic carbocycles. The molecule has 0 saturated carbocycles. The van der Waals surface area contributed by atoms with E-state index in [0.29, 0.717) is 23.3 Å². The van der Waals surface area contributed by atoms with Crippen molar-refractivity contribution < 1.29 is 4.74 Å². The van der Waals surface area contributed by atoms with E-state index in [1.807, 2.05) is 12.1 Å². The SMILES string of the molecule is CCC(N)(CC)COCc1ccc(Cl)cc1Cl. The molecule has 96 valence electrons. The van der Waals surface area contributed by atoms with Crippen LogP contribution in [-0.4, -0.2) is 12.1 Å². The molecule has 1 aromatic carbocycles. The van der Waals surface area contributed by atoms with Crippen molar-refractivity contribution >= 4 is 23.2 Å². The quantitative estimate of drug-likeness (QED) is 0.851. The lowest BCUT2D eigenvalue weighted by Gasteiger charge is -2.26. The van der Waals surface area contributed by atoms with Gasteiger partial charge in [-0.2, -0.15) is 0 Å². The Balaban J connectivity index is 2.51. The minimum Gasteiger partial charge on any atom is -0.375 e. The summed E-state index contributed by atoms with van der Waals surface area (Å²) < 4.78 is 5.63. The standard InChI is InChI=1S/C13H19Cl2NO/c1-3-13(16,4-2)9-17-8-10-5-6-11(14)7-12(10)15/h5-7H,3-4,8-9,16H2,1-2H3. The Morgan fingerprint density at radius 1 is 1.24 bits per heavy atom. The zero-order valence-corrected chi connectivity index (χ0v) is 11.8. The van der Waals surface area contributed by atoms with Crippen molar-refractivity contribution in [3.8, 4) is 0 Å². The lowest BCUT2D eigenvalue weighted by Crippen LogP contribution is -2.43. The highest BCUT2D eigenvalue weighted by Crippen LogP contribution is 2.22. The Labute approximate surface area is 113 Å². The van der Waals surface area contributed by atoms with E-state index in [9.17, 15) is 0 Å². The van der Waals surface area contributed by atoms with Gasteiger partial charge in [-0.25, -0.2) is 0 Å². The molecule has 0 spiro atoms. The maximum absolute atomic E-state index is 6.14. The number of halogens is 2. The Kier molecular flexibility index (Phi) is 5.74. The fraction of sp³-hybridized carbons (Fsp3) is 0.538. The maximum atomic E-state index is 6.14. The predicted molar refractivity (Wildman–Crippen MR) is 73.6 cm³/mol. The minimum atomic E-state index is -0.237. The van der Waals surface area contributed by atoms with E-state index < -0.39 is 0 Å². The van der Waals surface area contributed by atoms with Gasteiger partial charge in [0.05, 0.1) is 13.2 Å². The largest absolute Gasteiger partial charge is 0.375 e. The summed E-state index contributed by atoms with van der Waals surface area (Å²) in [6.45, 7) is 5.15. The third-order valence-corrected chi connectivity index (χ3v) is 3.66. The Bertz CT molecular complexity index is 364. The monoisotopic (exact) mass is 275 g/mol. The highest BCUT2D eigenvalue weighted by molar-refractivity contribution is 6.35. The van der Waals surface area contributed by atoms with Gasteiger partial charge in [0, 0.05) is 15.6 Å². The summed E-state index contributed by atoms with van der Waals surface area (Å²) in [4.78, 5) is 0. The molecule has 0 aromatic heterocycles. The number of hydrogen-bond donors (Lipinski definition) is 1. The first-order chi connectivity index (χ1) is 8.00. The molecular weight excluding hydrogens is 257 g/mol. The molecule has 0 radical (unpaired) electrons. The van der Waals surface area contributed by atoms with Gasteiger partial charge in [-0.3, -0.25) is 0 Å². The van der Waals surface area contributed by atoms with Crippen LogP contribution >= 0.6 is 23.2 Å². The smallest absolute Gasteiger partial charge is 0.0732 e. The first kappa shape index (κ1) is 14.8. The molecule has 17 heavy (non-hydrogen) atoms. The van der Waals surface area contributed by atoms with Gasteiger partial charge in [0.15, 0.2) is 0 Å². The van der Waals surface area contributed by atoms with Crippen LogP contribution in [0.5, 0.6) is 0 Å². The highest BCUT2D eigenvalue weighted by Gasteiger charge is 2.20. The molecule has 0 amide bonds. The lowest BCUT2D eigenvalue weighted by atomic mass is 9.96. The minimum absolute atomic E-state index is 0.237. The molecule has 0 fully saturated rings. The molecule has 2 N–H and O–H groups in total. The van der Waals surface area contributed by atoms with Crippen LogP contribution in [0.1, 0.15) is 32.3 Å². The van der Waals surface area contributed by atoms with Gasteiger partial charge < -0.3 is 10.5 Å². The topological polar surface area (TPSA) is 35.2 Å². The van der Waals surface area contributed by atoms with Gasteiger partial charge in [0.1, 0.15) is 0 Å². The van der Waals surface area contributed by atoms with Crippen LogP contribution < -0.4 is 5.73 Å². The zero-order chi connectivity index (χ0) is 12.9. The predicted octanol–water partition coefficient (Wildman–Crippen LogP) is 4.03. The average molecular weight is 276 g/mol. The highest BCUT2D eigenvalue weighted by atomic mass is 35.5. The summed E-state index contributed by atoms with van der Waals surface area (Å²) in [5, 5.41) is 1.27. The van der Waals surface area contributed by atoms with Gasteiger partial charge in [-0.1, -0.05) is 43.1 Å². The van der Waals surface area contributed by atoms with Gasteiger partial charge in [-0.05, 0) is 30.5 Å². The van der Waals surface area contributed by atoms with Crippen molar-refractivity contribution in [3.05, 3.63) is 33.8 Å². The van der Waals surface area contributed by atoms with Crippen LogP contribution in [0, 0.1) is 0 Å². The number of benzene rings is 1. The molecule has 1 aromatic rings. The van der Waals surface area contributed by atoms with E-state index in [1.165, 1.54) is 0 Å². The number of rotatable bonds is 6. The molecule has 1 rings (SSSR count). The number of hydrogen-bond acceptors (Lipinski definition) is 2. The molecule has 0 unspecified atom stereocenters. The average Bonchev–Trinajstić information content (AvgIpc) is 2.32. The van der Waals surface area contributed by atoms with Crippen molar-refractivity contribution in [2.45, 2.75) is 38.8 Å². The Morgan fingerprint density at radius 2 is 1.88 bits per heavy atom. The van der Waals surface area contributed by atoms with Crippen LogP contribution in [-0.2, 0) is 11.3 Å². The third-order valence-electron chi connectivity index (χ3n) is 3.07. The van der Waals surface area contributed by atoms with E-state index in [2.05, 4.69) is 13.8 Å². The van der Waals surface area contributed by atoms with Crippen LogP contribution in [0.3, 0.4) is 0 Å². The number of ether oxygens (including phenoxy) is 1. The van der Waals surface area contributed by atoms with Crippen molar-refractivity contribution in [1.82, 2.24) is 0 Å². The molecule has 0 aliphatic heterocycles. The lowest BCUT2D eigenvalue weighted by molar-refractivity contribution is 0.0697.